The number of fused-ring (bicyclic) bond motifs is 6. The van der Waals surface area contributed by atoms with Crippen LogP contribution in [-0.4, -0.2) is 0 Å². The number of hydrogen-bond donors (Lipinski definition) is 0. The molecule has 0 spiro atoms. The van der Waals surface area contributed by atoms with Gasteiger partial charge in [0.25, 0.3) is 0 Å². The molecular formula is C65H49N. The van der Waals surface area contributed by atoms with Gasteiger partial charge < -0.3 is 4.90 Å². The van der Waals surface area contributed by atoms with Crippen molar-refractivity contribution in [3.63, 3.8) is 0 Å². The SMILES string of the molecule is CC1(C)c2ccccc2-c2ccc(C3=C(N(c4ccc(-c5ccc(-c6ccccc6)c(-c6ccccc6)c5)cc4)c4cccc(-c5cccc6c5ccc5ccccc56)c4)CCC=C3)cc21. The van der Waals surface area contributed by atoms with Gasteiger partial charge in [-0.05, 0) is 143 Å². The second kappa shape index (κ2) is 16.2. The van der Waals surface area contributed by atoms with Crippen molar-refractivity contribution in [2.45, 2.75) is 32.1 Å². The molecular weight excluding hydrogens is 795 g/mol. The van der Waals surface area contributed by atoms with Crippen molar-refractivity contribution < 1.29 is 0 Å². The average molecular weight is 844 g/mol. The third-order valence-corrected chi connectivity index (χ3v) is 14.2. The summed E-state index contributed by atoms with van der Waals surface area (Å²) in [6.07, 6.45) is 6.62. The van der Waals surface area contributed by atoms with Crippen molar-refractivity contribution in [2.75, 3.05) is 4.90 Å². The molecule has 0 saturated carbocycles. The van der Waals surface area contributed by atoms with Crippen molar-refractivity contribution >= 4 is 38.5 Å². The molecule has 0 unspecified atom stereocenters. The molecule has 2 aliphatic carbocycles. The van der Waals surface area contributed by atoms with E-state index >= 15 is 0 Å². The Labute approximate surface area is 388 Å². The summed E-state index contributed by atoms with van der Waals surface area (Å²) in [6, 6.07) is 83.0. The molecule has 0 atom stereocenters. The van der Waals surface area contributed by atoms with Crippen LogP contribution in [0.2, 0.25) is 0 Å². The van der Waals surface area contributed by atoms with Crippen LogP contribution in [0.5, 0.6) is 0 Å². The lowest BCUT2D eigenvalue weighted by atomic mass is 9.81. The molecule has 0 aliphatic heterocycles. The first-order chi connectivity index (χ1) is 32.5. The van der Waals surface area contributed by atoms with E-state index < -0.39 is 0 Å². The van der Waals surface area contributed by atoms with Crippen LogP contribution in [0.15, 0.2) is 242 Å². The maximum absolute atomic E-state index is 2.54. The van der Waals surface area contributed by atoms with Gasteiger partial charge in [-0.1, -0.05) is 214 Å². The van der Waals surface area contributed by atoms with Crippen molar-refractivity contribution in [3.05, 3.63) is 259 Å². The van der Waals surface area contributed by atoms with Gasteiger partial charge in [0.2, 0.25) is 0 Å². The predicted octanol–water partition coefficient (Wildman–Crippen LogP) is 17.9. The molecule has 1 heteroatoms. The third-order valence-electron chi connectivity index (χ3n) is 14.2. The van der Waals surface area contributed by atoms with Gasteiger partial charge in [0.1, 0.15) is 0 Å². The summed E-state index contributed by atoms with van der Waals surface area (Å²) in [6.45, 7) is 4.75. The van der Waals surface area contributed by atoms with Crippen LogP contribution < -0.4 is 4.90 Å². The lowest BCUT2D eigenvalue weighted by Crippen LogP contribution is -2.19. The van der Waals surface area contributed by atoms with Crippen LogP contribution >= 0.6 is 0 Å². The Balaban J connectivity index is 1.01. The Morgan fingerprint density at radius 1 is 0.364 bits per heavy atom. The van der Waals surface area contributed by atoms with E-state index in [-0.39, 0.29) is 5.41 Å². The van der Waals surface area contributed by atoms with Crippen LogP contribution in [0.4, 0.5) is 11.4 Å². The highest BCUT2D eigenvalue weighted by Crippen LogP contribution is 2.50. The molecule has 0 heterocycles. The van der Waals surface area contributed by atoms with E-state index in [0.29, 0.717) is 0 Å². The first-order valence-corrected chi connectivity index (χ1v) is 23.3. The lowest BCUT2D eigenvalue weighted by molar-refractivity contribution is 0.660. The molecule has 0 radical (unpaired) electrons. The molecule has 0 fully saturated rings. The van der Waals surface area contributed by atoms with E-state index in [2.05, 4.69) is 255 Å². The van der Waals surface area contributed by atoms with Crippen LogP contribution in [0.25, 0.3) is 82.8 Å². The molecule has 0 saturated heterocycles. The summed E-state index contributed by atoms with van der Waals surface area (Å²) in [7, 11) is 0. The minimum atomic E-state index is -0.0889. The van der Waals surface area contributed by atoms with Gasteiger partial charge in [-0.2, -0.15) is 0 Å². The van der Waals surface area contributed by atoms with Crippen LogP contribution in [-0.2, 0) is 5.41 Å². The van der Waals surface area contributed by atoms with Gasteiger partial charge in [0.05, 0.1) is 0 Å². The lowest BCUT2D eigenvalue weighted by Gasteiger charge is -2.32. The summed E-state index contributed by atoms with van der Waals surface area (Å²) >= 11 is 0. The highest BCUT2D eigenvalue weighted by molar-refractivity contribution is 6.12. The molecule has 10 aromatic rings. The molecule has 1 nitrogen and oxygen atoms in total. The van der Waals surface area contributed by atoms with Crippen molar-refractivity contribution in [3.8, 4) is 55.6 Å². The van der Waals surface area contributed by atoms with Gasteiger partial charge in [-0.3, -0.25) is 0 Å². The number of anilines is 2. The van der Waals surface area contributed by atoms with Gasteiger partial charge in [-0.25, -0.2) is 0 Å². The average Bonchev–Trinajstić information content (AvgIpc) is 3.62. The molecule has 12 rings (SSSR count). The van der Waals surface area contributed by atoms with Gasteiger partial charge in [0.15, 0.2) is 0 Å². The zero-order chi connectivity index (χ0) is 44.2. The maximum atomic E-state index is 2.54. The quantitative estimate of drug-likeness (QED) is 0.138. The Hall–Kier alpha value is -8.00. The van der Waals surface area contributed by atoms with E-state index in [0.717, 1.165) is 24.2 Å². The first-order valence-electron chi connectivity index (χ1n) is 23.3. The highest BCUT2D eigenvalue weighted by atomic mass is 15.2. The summed E-state index contributed by atoms with van der Waals surface area (Å²) in [5.74, 6) is 0. The van der Waals surface area contributed by atoms with Crippen LogP contribution in [0.3, 0.4) is 0 Å². The van der Waals surface area contributed by atoms with Gasteiger partial charge in [-0.15, -0.1) is 0 Å². The van der Waals surface area contributed by atoms with Crippen LogP contribution in [0, 0.1) is 0 Å². The number of benzene rings is 10. The van der Waals surface area contributed by atoms with E-state index in [4.69, 9.17) is 0 Å². The minimum absolute atomic E-state index is 0.0889. The zero-order valence-electron chi connectivity index (χ0n) is 37.4. The summed E-state index contributed by atoms with van der Waals surface area (Å²) in [4.78, 5) is 2.54. The molecule has 66 heavy (non-hydrogen) atoms. The Kier molecular flexibility index (Phi) is 9.72. The van der Waals surface area contributed by atoms with E-state index in [9.17, 15) is 0 Å². The van der Waals surface area contributed by atoms with Gasteiger partial charge in [0, 0.05) is 28.1 Å². The zero-order valence-corrected chi connectivity index (χ0v) is 37.4. The molecule has 0 amide bonds. The highest BCUT2D eigenvalue weighted by Gasteiger charge is 2.35. The van der Waals surface area contributed by atoms with E-state index in [1.807, 2.05) is 0 Å². The normalized spacial score (nSPS) is 13.8. The van der Waals surface area contributed by atoms with Crippen LogP contribution in [0.1, 0.15) is 43.4 Å². The summed E-state index contributed by atoms with van der Waals surface area (Å²) in [5, 5.41) is 5.08. The standard InChI is InChI=1S/C65H49N/c1-65(2)62-29-13-11-26-59(62)60-40-35-50(43-63(60)65)56-25-12-14-30-64(56)66(52-23-15-22-49(41-52)54-27-16-28-57-53-24-10-9-21-47(53)33-39-58(54)57)51-36-31-44(32-37-51)48-34-38-55(45-17-5-3-6-18-45)61(42-48)46-19-7-4-8-20-46/h3-13,15-29,31-43H,14,30H2,1-2H3. The number of nitrogens with zero attached hydrogens (tertiary/aromatic N) is 1. The fourth-order valence-corrected chi connectivity index (χ4v) is 10.8. The van der Waals surface area contributed by atoms with Gasteiger partial charge >= 0.3 is 0 Å². The number of allylic oxidation sites excluding steroid dienone is 4. The Morgan fingerprint density at radius 3 is 1.83 bits per heavy atom. The third kappa shape index (κ3) is 6.79. The van der Waals surface area contributed by atoms with Crippen molar-refractivity contribution in [2.24, 2.45) is 0 Å². The van der Waals surface area contributed by atoms with E-state index in [1.54, 1.807) is 0 Å². The predicted molar refractivity (Wildman–Crippen MR) is 281 cm³/mol. The maximum Gasteiger partial charge on any atom is 0.0464 e. The number of hydrogen-bond acceptors (Lipinski definition) is 1. The monoisotopic (exact) mass is 843 g/mol. The molecule has 0 N–H and O–H groups in total. The fraction of sp³-hybridized carbons (Fsp3) is 0.0769. The topological polar surface area (TPSA) is 3.24 Å². The Morgan fingerprint density at radius 2 is 1.00 bits per heavy atom. The first kappa shape index (κ1) is 39.6. The molecule has 0 bridgehead atoms. The molecule has 2 aliphatic rings. The minimum Gasteiger partial charge on any atom is -0.314 e. The molecule has 0 aromatic heterocycles. The fourth-order valence-electron chi connectivity index (χ4n) is 10.8. The van der Waals surface area contributed by atoms with E-state index in [1.165, 1.54) is 105 Å². The van der Waals surface area contributed by atoms with Crippen molar-refractivity contribution in [1.29, 1.82) is 0 Å². The largest absolute Gasteiger partial charge is 0.314 e. The second-order valence-corrected chi connectivity index (χ2v) is 18.3. The Bertz CT molecular complexity index is 3530. The number of rotatable bonds is 8. The second-order valence-electron chi connectivity index (χ2n) is 18.3. The van der Waals surface area contributed by atoms with Crippen molar-refractivity contribution in [1.82, 2.24) is 0 Å². The molecule has 314 valence electrons. The molecule has 10 aromatic carbocycles. The summed E-state index contributed by atoms with van der Waals surface area (Å²) < 4.78 is 0. The summed E-state index contributed by atoms with van der Waals surface area (Å²) in [5.41, 5.74) is 21.2. The smallest absolute Gasteiger partial charge is 0.0464 e.